The van der Waals surface area contributed by atoms with Crippen molar-refractivity contribution in [2.45, 2.75) is 33.1 Å². The zero-order valence-corrected chi connectivity index (χ0v) is 42.8. The molecule has 75 heavy (non-hydrogen) atoms. The highest BCUT2D eigenvalue weighted by Crippen LogP contribution is 2.38. The van der Waals surface area contributed by atoms with Gasteiger partial charge in [0.2, 0.25) is 0 Å². The van der Waals surface area contributed by atoms with E-state index in [-0.39, 0.29) is 0 Å². The fraction of sp³-hybridized carbons (Fsp3) is 0.0704. The Hall–Kier alpha value is -9.38. The van der Waals surface area contributed by atoms with Gasteiger partial charge in [0.15, 0.2) is 0 Å². The van der Waals surface area contributed by atoms with E-state index in [0.717, 1.165) is 75.5 Å². The van der Waals surface area contributed by atoms with Crippen LogP contribution >= 0.6 is 0 Å². The van der Waals surface area contributed by atoms with Gasteiger partial charge in [-0.05, 0) is 186 Å². The average Bonchev–Trinajstić information content (AvgIpc) is 3.70. The highest BCUT2D eigenvalue weighted by atomic mass is 15.2. The van der Waals surface area contributed by atoms with Gasteiger partial charge in [0.1, 0.15) is 0 Å². The summed E-state index contributed by atoms with van der Waals surface area (Å²) in [5, 5.41) is 7.21. The lowest BCUT2D eigenvalue weighted by molar-refractivity contribution is 1.01. The number of benzene rings is 8. The van der Waals surface area contributed by atoms with Crippen molar-refractivity contribution in [1.29, 1.82) is 0 Å². The molecule has 0 radical (unpaired) electrons. The lowest BCUT2D eigenvalue weighted by Crippen LogP contribution is -2.21. The fourth-order valence-corrected chi connectivity index (χ4v) is 9.84. The van der Waals surface area contributed by atoms with Gasteiger partial charge in [0.25, 0.3) is 0 Å². The zero-order chi connectivity index (χ0) is 51.2. The van der Waals surface area contributed by atoms with Crippen LogP contribution in [-0.4, -0.2) is 0 Å². The van der Waals surface area contributed by atoms with E-state index < -0.39 is 0 Å². The van der Waals surface area contributed by atoms with Crippen LogP contribution in [0.5, 0.6) is 0 Å². The summed E-state index contributed by atoms with van der Waals surface area (Å²) in [6.45, 7) is 8.41. The highest BCUT2D eigenvalue weighted by molar-refractivity contribution is 5.90. The molecule has 0 spiro atoms. The summed E-state index contributed by atoms with van der Waals surface area (Å²) in [6, 6.07) is 65.2. The molecule has 10 rings (SSSR count). The van der Waals surface area contributed by atoms with Crippen molar-refractivity contribution in [3.63, 3.8) is 0 Å². The van der Waals surface area contributed by atoms with Gasteiger partial charge >= 0.3 is 0 Å². The minimum Gasteiger partial charge on any atom is -0.317 e. The summed E-state index contributed by atoms with van der Waals surface area (Å²) in [5.74, 6) is 0. The molecule has 0 bridgehead atoms. The smallest absolute Gasteiger partial charge is 0.0467 e. The molecular weight excluding hydrogens is 909 g/mol. The summed E-state index contributed by atoms with van der Waals surface area (Å²) in [4.78, 5) is 9.33. The van der Waals surface area contributed by atoms with Gasteiger partial charge in [-0.15, -0.1) is 0 Å². The second-order valence-electron chi connectivity index (χ2n) is 18.4. The number of para-hydroxylation sites is 1. The Morgan fingerprint density at radius 3 is 1.68 bits per heavy atom. The second kappa shape index (κ2) is 23.9. The van der Waals surface area contributed by atoms with Crippen molar-refractivity contribution < 1.29 is 0 Å². The lowest BCUT2D eigenvalue weighted by Gasteiger charge is -2.30. The number of anilines is 6. The van der Waals surface area contributed by atoms with Crippen LogP contribution in [0.15, 0.2) is 327 Å². The van der Waals surface area contributed by atoms with Crippen LogP contribution in [0, 0.1) is 0 Å². The van der Waals surface area contributed by atoms with Crippen LogP contribution in [0.2, 0.25) is 0 Å². The fourth-order valence-electron chi connectivity index (χ4n) is 9.84. The molecule has 0 saturated heterocycles. The zero-order valence-electron chi connectivity index (χ0n) is 42.8. The van der Waals surface area contributed by atoms with Crippen molar-refractivity contribution in [3.05, 3.63) is 327 Å². The number of fused-ring (bicyclic) bond motifs is 3. The first kappa shape index (κ1) is 49.2. The van der Waals surface area contributed by atoms with Gasteiger partial charge in [-0.2, -0.15) is 0 Å². The van der Waals surface area contributed by atoms with E-state index in [1.807, 2.05) is 19.1 Å². The molecular formula is C71H62N4. The Balaban J connectivity index is 1.10. The van der Waals surface area contributed by atoms with Gasteiger partial charge in [0.05, 0.1) is 0 Å². The maximum Gasteiger partial charge on any atom is 0.0467 e. The molecule has 4 nitrogen and oxygen atoms in total. The van der Waals surface area contributed by atoms with Crippen molar-refractivity contribution in [1.82, 2.24) is 0 Å². The van der Waals surface area contributed by atoms with Gasteiger partial charge in [0, 0.05) is 75.2 Å². The third-order valence-electron chi connectivity index (χ3n) is 13.5. The molecule has 2 aliphatic carbocycles. The van der Waals surface area contributed by atoms with Gasteiger partial charge in [-0.25, -0.2) is 0 Å². The Morgan fingerprint density at radius 2 is 1.03 bits per heavy atom. The average molecular weight is 971 g/mol. The molecule has 0 atom stereocenters. The summed E-state index contributed by atoms with van der Waals surface area (Å²) in [7, 11) is 0. The van der Waals surface area contributed by atoms with E-state index >= 15 is 0 Å². The molecule has 0 aliphatic heterocycles. The molecule has 8 aromatic carbocycles. The SMILES string of the molecule is C=C/C(=C\C=C/C)N(c1ccc(N(C2=CC=C(N(C3=C/CC/C=C/C=C\3)c3ccc4ccccc4c3)C=CC2)C(/C=C\C)=C/C=C/N(c2ccccc2)c2ccc3ccccc3c2)cc1)c1ccc2ccccc2c1. The minimum absolute atomic E-state index is 0.687. The molecule has 0 N–H and O–H groups in total. The van der Waals surface area contributed by atoms with Crippen LogP contribution in [0.1, 0.15) is 33.1 Å². The summed E-state index contributed by atoms with van der Waals surface area (Å²) in [6.07, 6.45) is 42.0. The third-order valence-corrected chi connectivity index (χ3v) is 13.5. The molecule has 0 amide bonds. The Morgan fingerprint density at radius 1 is 0.453 bits per heavy atom. The Labute approximate surface area is 443 Å². The van der Waals surface area contributed by atoms with Crippen molar-refractivity contribution in [2.75, 3.05) is 19.6 Å². The Bertz CT molecular complexity index is 3680. The standard InChI is InChI=1S/C71H62N4/c1-4-7-31-61(6-3)73(70-43-40-56-26-17-20-29-59(56)53-70)67-47-49-68(50-48-67)74(63(24-5-2)38-23-51-72(62-32-14-11-15-33-62)69-42-39-55-25-16-19-28-58(55)52-69)65-36-22-37-66(46-45-65)75(64-34-12-9-8-10-13-35-64)71-44-41-57-27-18-21-30-60(57)54-71/h4-9,11-12,14-35,37-54H,3,10,13,36H2,1-2H3/b7-4-,9-8+,24-5-,34-12-,51-23+,61-31+,63-38+,64-35+. The number of rotatable bonds is 16. The largest absolute Gasteiger partial charge is 0.317 e. The molecule has 0 saturated carbocycles. The van der Waals surface area contributed by atoms with Crippen LogP contribution in [0.4, 0.5) is 34.1 Å². The molecule has 0 fully saturated rings. The summed E-state index contributed by atoms with van der Waals surface area (Å²) in [5.41, 5.74) is 11.7. The Kier molecular flexibility index (Phi) is 15.7. The summed E-state index contributed by atoms with van der Waals surface area (Å²) >= 11 is 0. The molecule has 8 aromatic rings. The quantitative estimate of drug-likeness (QED) is 0.0895. The molecule has 0 aromatic heterocycles. The van der Waals surface area contributed by atoms with Crippen LogP contribution in [-0.2, 0) is 0 Å². The topological polar surface area (TPSA) is 13.0 Å². The predicted molar refractivity (Wildman–Crippen MR) is 325 cm³/mol. The first-order valence-electron chi connectivity index (χ1n) is 26.0. The number of nitrogens with zero attached hydrogens (tertiary/aromatic N) is 4. The van der Waals surface area contributed by atoms with E-state index in [9.17, 15) is 0 Å². The minimum atomic E-state index is 0.687. The van der Waals surface area contributed by atoms with Crippen LogP contribution in [0.25, 0.3) is 32.3 Å². The maximum absolute atomic E-state index is 4.28. The highest BCUT2D eigenvalue weighted by Gasteiger charge is 2.21. The van der Waals surface area contributed by atoms with Gasteiger partial charge in [-0.3, -0.25) is 0 Å². The number of hydrogen-bond donors (Lipinski definition) is 0. The van der Waals surface area contributed by atoms with Gasteiger partial charge < -0.3 is 19.6 Å². The van der Waals surface area contributed by atoms with E-state index in [1.54, 1.807) is 0 Å². The van der Waals surface area contributed by atoms with Crippen LogP contribution < -0.4 is 19.6 Å². The predicted octanol–water partition coefficient (Wildman–Crippen LogP) is 19.6. The van der Waals surface area contributed by atoms with Gasteiger partial charge in [-0.1, -0.05) is 164 Å². The van der Waals surface area contributed by atoms with Crippen LogP contribution in [0.3, 0.4) is 0 Å². The van der Waals surface area contributed by atoms with E-state index in [4.69, 9.17) is 0 Å². The summed E-state index contributed by atoms with van der Waals surface area (Å²) < 4.78 is 0. The normalized spacial score (nSPS) is 15.8. The molecule has 4 heteroatoms. The van der Waals surface area contributed by atoms with E-state index in [2.05, 4.69) is 312 Å². The lowest BCUT2D eigenvalue weighted by atomic mass is 10.1. The molecule has 2 aliphatic rings. The monoisotopic (exact) mass is 970 g/mol. The second-order valence-corrected chi connectivity index (χ2v) is 18.4. The first-order valence-corrected chi connectivity index (χ1v) is 26.0. The van der Waals surface area contributed by atoms with E-state index in [1.165, 1.54) is 32.3 Å². The first-order chi connectivity index (χ1) is 37.1. The molecule has 0 heterocycles. The van der Waals surface area contributed by atoms with Crippen molar-refractivity contribution >= 4 is 66.4 Å². The maximum atomic E-state index is 4.28. The third kappa shape index (κ3) is 11.5. The molecule has 366 valence electrons. The number of hydrogen-bond acceptors (Lipinski definition) is 4. The van der Waals surface area contributed by atoms with Crippen molar-refractivity contribution in [3.8, 4) is 0 Å². The molecule has 0 unspecified atom stereocenters. The van der Waals surface area contributed by atoms with Crippen molar-refractivity contribution in [2.24, 2.45) is 0 Å². The number of allylic oxidation sites excluding steroid dienone is 17. The van der Waals surface area contributed by atoms with E-state index in [0.29, 0.717) is 6.42 Å².